The molecule has 1 aliphatic heterocycles. The molecule has 0 bridgehead atoms. The lowest BCUT2D eigenvalue weighted by atomic mass is 10.1. The molecular weight excluding hydrogens is 468 g/mol. The molecule has 184 valence electrons. The monoisotopic (exact) mass is 496 g/mol. The van der Waals surface area contributed by atoms with Crippen LogP contribution in [0.15, 0.2) is 72.0 Å². The third-order valence-corrected chi connectivity index (χ3v) is 7.43. The molecule has 10 heteroatoms. The summed E-state index contributed by atoms with van der Waals surface area (Å²) in [6.07, 6.45) is 4.15. The Kier molecular flexibility index (Phi) is 7.62. The van der Waals surface area contributed by atoms with Gasteiger partial charge in [-0.15, -0.1) is 0 Å². The van der Waals surface area contributed by atoms with Gasteiger partial charge in [0, 0.05) is 24.9 Å². The second kappa shape index (κ2) is 10.8. The van der Waals surface area contributed by atoms with Crippen LogP contribution in [0.1, 0.15) is 29.7 Å². The number of likely N-dealkylation sites (tertiary alicyclic amines) is 1. The molecule has 0 aliphatic carbocycles. The number of aryl methyl sites for hydroxylation is 1. The number of H-pyrrole nitrogens is 1. The van der Waals surface area contributed by atoms with Gasteiger partial charge in [0.2, 0.25) is 15.9 Å². The van der Waals surface area contributed by atoms with Crippen LogP contribution in [0.4, 0.5) is 0 Å². The third-order valence-electron chi connectivity index (χ3n) is 5.94. The van der Waals surface area contributed by atoms with E-state index in [-0.39, 0.29) is 17.9 Å². The lowest BCUT2D eigenvalue weighted by Crippen LogP contribution is -2.52. The van der Waals surface area contributed by atoms with Gasteiger partial charge in [0.05, 0.1) is 11.2 Å². The molecule has 1 amide bonds. The van der Waals surface area contributed by atoms with Gasteiger partial charge in [-0.25, -0.2) is 18.2 Å². The molecular formula is C25H28N4O5S. The Balaban J connectivity index is 1.51. The van der Waals surface area contributed by atoms with Gasteiger partial charge in [0.1, 0.15) is 18.7 Å². The zero-order valence-corrected chi connectivity index (χ0v) is 20.2. The number of aromatic nitrogens is 2. The summed E-state index contributed by atoms with van der Waals surface area (Å²) in [7, 11) is -3.99. The van der Waals surface area contributed by atoms with Crippen molar-refractivity contribution in [2.24, 2.45) is 0 Å². The fraction of sp³-hybridized carbons (Fsp3) is 0.320. The highest BCUT2D eigenvalue weighted by Crippen LogP contribution is 2.22. The van der Waals surface area contributed by atoms with Gasteiger partial charge < -0.3 is 14.6 Å². The summed E-state index contributed by atoms with van der Waals surface area (Å²) in [5, 5.41) is 0. The van der Waals surface area contributed by atoms with Crippen LogP contribution < -0.4 is 4.72 Å². The van der Waals surface area contributed by atoms with Crippen molar-refractivity contribution >= 4 is 21.9 Å². The maximum Gasteiger partial charge on any atom is 0.329 e. The predicted molar refractivity (Wildman–Crippen MR) is 129 cm³/mol. The highest BCUT2D eigenvalue weighted by Gasteiger charge is 2.39. The Bertz CT molecular complexity index is 1240. The molecule has 0 radical (unpaired) electrons. The van der Waals surface area contributed by atoms with Crippen molar-refractivity contribution in [2.45, 2.75) is 49.8 Å². The number of carbonyl (C=O) groups excluding carboxylic acids is 2. The number of carbonyl (C=O) groups is 2. The molecule has 3 aromatic rings. The lowest BCUT2D eigenvalue weighted by molar-refractivity contribution is -0.155. The average molecular weight is 497 g/mol. The minimum atomic E-state index is -3.99. The van der Waals surface area contributed by atoms with E-state index in [0.29, 0.717) is 25.1 Å². The van der Waals surface area contributed by atoms with E-state index in [2.05, 4.69) is 14.7 Å². The Labute approximate surface area is 204 Å². The number of nitrogens with one attached hydrogen (secondary N) is 2. The van der Waals surface area contributed by atoms with Gasteiger partial charge in [-0.3, -0.25) is 4.79 Å². The number of benzene rings is 2. The van der Waals surface area contributed by atoms with Crippen molar-refractivity contribution in [3.8, 4) is 0 Å². The second-order valence-electron chi connectivity index (χ2n) is 8.55. The molecule has 1 saturated heterocycles. The van der Waals surface area contributed by atoms with Crippen LogP contribution in [0.3, 0.4) is 0 Å². The summed E-state index contributed by atoms with van der Waals surface area (Å²) in [6, 6.07) is 13.8. The van der Waals surface area contributed by atoms with E-state index in [4.69, 9.17) is 4.74 Å². The van der Waals surface area contributed by atoms with Crippen molar-refractivity contribution in [3.63, 3.8) is 0 Å². The number of ether oxygens (including phenoxy) is 1. The fourth-order valence-electron chi connectivity index (χ4n) is 4.07. The molecule has 35 heavy (non-hydrogen) atoms. The summed E-state index contributed by atoms with van der Waals surface area (Å²) < 4.78 is 34.2. The Morgan fingerprint density at radius 1 is 1.17 bits per heavy atom. The first kappa shape index (κ1) is 24.6. The maximum absolute atomic E-state index is 13.6. The quantitative estimate of drug-likeness (QED) is 0.439. The van der Waals surface area contributed by atoms with Crippen LogP contribution in [0, 0.1) is 6.92 Å². The minimum Gasteiger partial charge on any atom is -0.459 e. The Morgan fingerprint density at radius 3 is 2.60 bits per heavy atom. The largest absolute Gasteiger partial charge is 0.459 e. The molecule has 0 unspecified atom stereocenters. The number of amides is 1. The standard InChI is InChI=1S/C25H28N4O5S/c1-18-9-11-21(12-10-18)35(32,33)28-22(14-20-15-26-17-27-20)24(30)29-13-5-8-23(29)25(31)34-16-19-6-3-2-4-7-19/h2-4,6-7,9-12,15,17,22-23,28H,5,8,13-14,16H2,1H3,(H,26,27)/t22-,23-/m0/s1. The SMILES string of the molecule is Cc1ccc(S(=O)(=O)N[C@@H](Cc2cnc[nH]2)C(=O)N2CCC[C@H]2C(=O)OCc2ccccc2)cc1. The van der Waals surface area contributed by atoms with Crippen molar-refractivity contribution in [2.75, 3.05) is 6.54 Å². The first-order chi connectivity index (χ1) is 16.8. The molecule has 2 atom stereocenters. The van der Waals surface area contributed by atoms with E-state index in [1.54, 1.807) is 12.1 Å². The first-order valence-corrected chi connectivity index (χ1v) is 12.9. The molecule has 2 heterocycles. The van der Waals surface area contributed by atoms with Gasteiger partial charge in [-0.1, -0.05) is 48.0 Å². The molecule has 1 fully saturated rings. The van der Waals surface area contributed by atoms with E-state index in [1.165, 1.54) is 29.6 Å². The highest BCUT2D eigenvalue weighted by atomic mass is 32.2. The highest BCUT2D eigenvalue weighted by molar-refractivity contribution is 7.89. The second-order valence-corrected chi connectivity index (χ2v) is 10.3. The van der Waals surface area contributed by atoms with Crippen molar-refractivity contribution in [3.05, 3.63) is 83.9 Å². The number of esters is 1. The number of aromatic amines is 1. The van der Waals surface area contributed by atoms with Crippen molar-refractivity contribution in [1.82, 2.24) is 19.6 Å². The number of sulfonamides is 1. The van der Waals surface area contributed by atoms with Crippen LogP contribution in [-0.2, 0) is 37.4 Å². The molecule has 0 spiro atoms. The molecule has 9 nitrogen and oxygen atoms in total. The van der Waals surface area contributed by atoms with E-state index in [0.717, 1.165) is 11.1 Å². The Morgan fingerprint density at radius 2 is 1.91 bits per heavy atom. The average Bonchev–Trinajstić information content (AvgIpc) is 3.55. The molecule has 4 rings (SSSR count). The zero-order valence-electron chi connectivity index (χ0n) is 19.4. The summed E-state index contributed by atoms with van der Waals surface area (Å²) in [5.41, 5.74) is 2.36. The smallest absolute Gasteiger partial charge is 0.329 e. The Hall–Kier alpha value is -3.50. The molecule has 2 N–H and O–H groups in total. The molecule has 2 aromatic carbocycles. The number of hydrogen-bond acceptors (Lipinski definition) is 6. The predicted octanol–water partition coefficient (Wildman–Crippen LogP) is 2.34. The van der Waals surface area contributed by atoms with E-state index < -0.39 is 34.0 Å². The number of nitrogens with zero attached hydrogens (tertiary/aromatic N) is 2. The number of imidazole rings is 1. The zero-order chi connectivity index (χ0) is 24.8. The normalized spacial score (nSPS) is 16.7. The van der Waals surface area contributed by atoms with Crippen LogP contribution in [-0.4, -0.2) is 53.8 Å². The van der Waals surface area contributed by atoms with Gasteiger partial charge in [-0.2, -0.15) is 4.72 Å². The van der Waals surface area contributed by atoms with Gasteiger partial charge >= 0.3 is 5.97 Å². The minimum absolute atomic E-state index is 0.0609. The summed E-state index contributed by atoms with van der Waals surface area (Å²) in [4.78, 5) is 34.8. The van der Waals surface area contributed by atoms with Crippen LogP contribution in [0.25, 0.3) is 0 Å². The first-order valence-electron chi connectivity index (χ1n) is 11.4. The molecule has 1 aliphatic rings. The van der Waals surface area contributed by atoms with E-state index in [9.17, 15) is 18.0 Å². The van der Waals surface area contributed by atoms with Gasteiger partial charge in [0.15, 0.2) is 0 Å². The number of rotatable bonds is 9. The van der Waals surface area contributed by atoms with E-state index >= 15 is 0 Å². The fourth-order valence-corrected chi connectivity index (χ4v) is 5.26. The number of hydrogen-bond donors (Lipinski definition) is 2. The van der Waals surface area contributed by atoms with Crippen molar-refractivity contribution < 1.29 is 22.7 Å². The van der Waals surface area contributed by atoms with Crippen LogP contribution in [0.5, 0.6) is 0 Å². The molecule has 0 saturated carbocycles. The lowest BCUT2D eigenvalue weighted by Gasteiger charge is -2.28. The van der Waals surface area contributed by atoms with E-state index in [1.807, 2.05) is 37.3 Å². The summed E-state index contributed by atoms with van der Waals surface area (Å²) in [5.74, 6) is -0.976. The van der Waals surface area contributed by atoms with Gasteiger partial charge in [-0.05, 0) is 37.5 Å². The van der Waals surface area contributed by atoms with Crippen LogP contribution in [0.2, 0.25) is 0 Å². The topological polar surface area (TPSA) is 121 Å². The third kappa shape index (κ3) is 6.14. The van der Waals surface area contributed by atoms with Crippen molar-refractivity contribution in [1.29, 1.82) is 0 Å². The van der Waals surface area contributed by atoms with Crippen LogP contribution >= 0.6 is 0 Å². The summed E-state index contributed by atoms with van der Waals surface area (Å²) >= 11 is 0. The summed E-state index contributed by atoms with van der Waals surface area (Å²) in [6.45, 7) is 2.31. The van der Waals surface area contributed by atoms with Gasteiger partial charge in [0.25, 0.3) is 0 Å². The maximum atomic E-state index is 13.6. The molecule has 1 aromatic heterocycles.